The Morgan fingerprint density at radius 3 is 1.23 bits per heavy atom. The Labute approximate surface area is 276 Å². The molecule has 222 valence electrons. The van der Waals surface area contributed by atoms with Gasteiger partial charge in [0, 0.05) is 32.9 Å². The highest BCUT2D eigenvalue weighted by molar-refractivity contribution is 6.27. The zero-order chi connectivity index (χ0) is 31.3. The number of rotatable bonds is 2. The van der Waals surface area contributed by atoms with Crippen molar-refractivity contribution < 1.29 is 0 Å². The molecular formula is C46H28N2. The first-order valence-corrected chi connectivity index (χ1v) is 16.6. The standard InChI is InChI=1S/C46H28N2/c1-2-12-30-27-31(22-21-29(30)11-1)47-43-19-9-7-17-38(43)40-25-26-41-39-18-8-10-20-44(39)48(46(41)45(40)47)32-23-24-37-35-15-4-3-13-33(35)34-14-5-6-16-36(34)42(37)28-32/h1-28H. The third kappa shape index (κ3) is 3.41. The molecule has 2 nitrogen and oxygen atoms in total. The molecule has 0 amide bonds. The molecule has 0 atom stereocenters. The third-order valence-corrected chi connectivity index (χ3v) is 10.4. The van der Waals surface area contributed by atoms with Gasteiger partial charge < -0.3 is 9.13 Å². The summed E-state index contributed by atoms with van der Waals surface area (Å²) in [6.45, 7) is 0. The lowest BCUT2D eigenvalue weighted by Gasteiger charge is -2.15. The molecule has 2 heteroatoms. The number of hydrogen-bond acceptors (Lipinski definition) is 0. The minimum Gasteiger partial charge on any atom is -0.307 e. The first-order chi connectivity index (χ1) is 23.8. The average Bonchev–Trinajstić information content (AvgIpc) is 3.68. The Morgan fingerprint density at radius 1 is 0.250 bits per heavy atom. The molecule has 0 aliphatic rings. The van der Waals surface area contributed by atoms with Gasteiger partial charge in [0.2, 0.25) is 0 Å². The van der Waals surface area contributed by atoms with Crippen LogP contribution in [0.2, 0.25) is 0 Å². The van der Waals surface area contributed by atoms with E-state index in [1.807, 2.05) is 0 Å². The maximum Gasteiger partial charge on any atom is 0.0788 e. The molecule has 48 heavy (non-hydrogen) atoms. The van der Waals surface area contributed by atoms with Crippen LogP contribution in [0, 0.1) is 0 Å². The summed E-state index contributed by atoms with van der Waals surface area (Å²) < 4.78 is 4.99. The molecule has 2 aromatic heterocycles. The van der Waals surface area contributed by atoms with Gasteiger partial charge in [-0.15, -0.1) is 0 Å². The molecule has 0 radical (unpaired) electrons. The van der Waals surface area contributed by atoms with Crippen LogP contribution in [0.25, 0.3) is 98.1 Å². The first-order valence-electron chi connectivity index (χ1n) is 16.6. The van der Waals surface area contributed by atoms with Gasteiger partial charge in [0.25, 0.3) is 0 Å². The van der Waals surface area contributed by atoms with Crippen molar-refractivity contribution in [2.24, 2.45) is 0 Å². The number of hydrogen-bond donors (Lipinski definition) is 0. The zero-order valence-electron chi connectivity index (χ0n) is 26.1. The summed E-state index contributed by atoms with van der Waals surface area (Å²) in [5.74, 6) is 0. The van der Waals surface area contributed by atoms with Gasteiger partial charge in [-0.3, -0.25) is 0 Å². The summed E-state index contributed by atoms with van der Waals surface area (Å²) in [6, 6.07) is 62.6. The van der Waals surface area contributed by atoms with Crippen molar-refractivity contribution in [3.63, 3.8) is 0 Å². The molecule has 0 saturated heterocycles. The molecule has 0 N–H and O–H groups in total. The van der Waals surface area contributed by atoms with E-state index in [4.69, 9.17) is 0 Å². The predicted octanol–water partition coefficient (Wildman–Crippen LogP) is 12.5. The maximum absolute atomic E-state index is 2.51. The highest BCUT2D eigenvalue weighted by Crippen LogP contribution is 2.43. The molecule has 0 saturated carbocycles. The van der Waals surface area contributed by atoms with E-state index in [9.17, 15) is 0 Å². The highest BCUT2D eigenvalue weighted by atomic mass is 15.0. The second-order valence-electron chi connectivity index (χ2n) is 12.9. The molecular weight excluding hydrogens is 581 g/mol. The lowest BCUT2D eigenvalue weighted by molar-refractivity contribution is 1.15. The van der Waals surface area contributed by atoms with Gasteiger partial charge in [-0.25, -0.2) is 0 Å². The Kier molecular flexibility index (Phi) is 5.14. The SMILES string of the molecule is c1ccc2cc(-n3c4ccccc4c4ccc5c6ccccc6n(-c6ccc7c8ccccc8c8ccccc8c7c6)c5c43)ccc2c1. The Bertz CT molecular complexity index is 3080. The smallest absolute Gasteiger partial charge is 0.0788 e. The van der Waals surface area contributed by atoms with Crippen molar-refractivity contribution >= 4 is 86.7 Å². The lowest BCUT2D eigenvalue weighted by atomic mass is 9.94. The normalized spacial score (nSPS) is 12.2. The topological polar surface area (TPSA) is 9.86 Å². The molecule has 9 aromatic carbocycles. The minimum absolute atomic E-state index is 1.16. The van der Waals surface area contributed by atoms with Crippen LogP contribution in [0.5, 0.6) is 0 Å². The van der Waals surface area contributed by atoms with Crippen molar-refractivity contribution in [1.82, 2.24) is 9.13 Å². The number of fused-ring (bicyclic) bond motifs is 14. The third-order valence-electron chi connectivity index (χ3n) is 10.4. The van der Waals surface area contributed by atoms with Crippen LogP contribution in [0.1, 0.15) is 0 Å². The van der Waals surface area contributed by atoms with Gasteiger partial charge in [-0.1, -0.05) is 133 Å². The van der Waals surface area contributed by atoms with Crippen molar-refractivity contribution in [3.05, 3.63) is 170 Å². The summed E-state index contributed by atoms with van der Waals surface area (Å²) in [7, 11) is 0. The van der Waals surface area contributed by atoms with Gasteiger partial charge in [-0.2, -0.15) is 0 Å². The lowest BCUT2D eigenvalue weighted by Crippen LogP contribution is -1.99. The van der Waals surface area contributed by atoms with Crippen molar-refractivity contribution in [3.8, 4) is 11.4 Å². The summed E-state index contributed by atoms with van der Waals surface area (Å²) in [5, 5.41) is 15.2. The number of benzene rings is 9. The Hall–Kier alpha value is -6.38. The van der Waals surface area contributed by atoms with E-state index in [0.717, 1.165) is 5.69 Å². The van der Waals surface area contributed by atoms with Crippen LogP contribution in [0.15, 0.2) is 170 Å². The second kappa shape index (κ2) is 9.57. The fourth-order valence-electron chi connectivity index (χ4n) is 8.39. The number of aromatic nitrogens is 2. The second-order valence-corrected chi connectivity index (χ2v) is 12.9. The van der Waals surface area contributed by atoms with Crippen LogP contribution < -0.4 is 0 Å². The van der Waals surface area contributed by atoms with Crippen molar-refractivity contribution in [1.29, 1.82) is 0 Å². The largest absolute Gasteiger partial charge is 0.307 e. The van der Waals surface area contributed by atoms with E-state index in [0.29, 0.717) is 0 Å². The van der Waals surface area contributed by atoms with E-state index in [2.05, 4.69) is 179 Å². The van der Waals surface area contributed by atoms with E-state index < -0.39 is 0 Å². The van der Waals surface area contributed by atoms with Crippen LogP contribution >= 0.6 is 0 Å². The fourth-order valence-corrected chi connectivity index (χ4v) is 8.39. The molecule has 0 fully saturated rings. The van der Waals surface area contributed by atoms with Crippen molar-refractivity contribution in [2.75, 3.05) is 0 Å². The van der Waals surface area contributed by atoms with Crippen LogP contribution in [0.3, 0.4) is 0 Å². The Morgan fingerprint density at radius 2 is 0.646 bits per heavy atom. The molecule has 11 rings (SSSR count). The summed E-state index contributed by atoms with van der Waals surface area (Å²) in [4.78, 5) is 0. The van der Waals surface area contributed by atoms with Gasteiger partial charge in [0.05, 0.1) is 22.1 Å². The fraction of sp³-hybridized carbons (Fsp3) is 0. The quantitative estimate of drug-likeness (QED) is 0.173. The zero-order valence-corrected chi connectivity index (χ0v) is 26.1. The van der Waals surface area contributed by atoms with Crippen molar-refractivity contribution in [2.45, 2.75) is 0 Å². The summed E-state index contributed by atoms with van der Waals surface area (Å²) in [5.41, 5.74) is 7.20. The van der Waals surface area contributed by atoms with Gasteiger partial charge >= 0.3 is 0 Å². The molecule has 0 aliphatic carbocycles. The van der Waals surface area contributed by atoms with E-state index in [1.165, 1.54) is 92.4 Å². The van der Waals surface area contributed by atoms with E-state index in [-0.39, 0.29) is 0 Å². The number of para-hydroxylation sites is 2. The molecule has 11 aromatic rings. The highest BCUT2D eigenvalue weighted by Gasteiger charge is 2.21. The monoisotopic (exact) mass is 608 g/mol. The number of nitrogens with zero attached hydrogens (tertiary/aromatic N) is 2. The van der Waals surface area contributed by atoms with Gasteiger partial charge in [-0.05, 0) is 79.5 Å². The Balaban J connectivity index is 1.33. The predicted molar refractivity (Wildman–Crippen MR) is 205 cm³/mol. The first kappa shape index (κ1) is 25.8. The van der Waals surface area contributed by atoms with Gasteiger partial charge in [0.1, 0.15) is 0 Å². The van der Waals surface area contributed by atoms with E-state index in [1.54, 1.807) is 0 Å². The summed E-state index contributed by atoms with van der Waals surface area (Å²) >= 11 is 0. The van der Waals surface area contributed by atoms with Crippen LogP contribution in [-0.2, 0) is 0 Å². The van der Waals surface area contributed by atoms with Crippen LogP contribution in [-0.4, -0.2) is 9.13 Å². The molecule has 2 heterocycles. The molecule has 0 bridgehead atoms. The van der Waals surface area contributed by atoms with Gasteiger partial charge in [0.15, 0.2) is 0 Å². The van der Waals surface area contributed by atoms with Crippen LogP contribution in [0.4, 0.5) is 0 Å². The van der Waals surface area contributed by atoms with E-state index >= 15 is 0 Å². The average molecular weight is 609 g/mol. The molecule has 0 aliphatic heterocycles. The minimum atomic E-state index is 1.16. The summed E-state index contributed by atoms with van der Waals surface area (Å²) in [6.07, 6.45) is 0. The molecule has 0 spiro atoms. The molecule has 0 unspecified atom stereocenters. The maximum atomic E-state index is 2.51.